The van der Waals surface area contributed by atoms with Crippen LogP contribution in [0.3, 0.4) is 0 Å². The van der Waals surface area contributed by atoms with E-state index in [1.165, 1.54) is 0 Å². The smallest absolute Gasteiger partial charge is 0.313 e. The molecule has 0 aromatic carbocycles. The van der Waals surface area contributed by atoms with Gasteiger partial charge in [-0.05, 0) is 30.6 Å². The van der Waals surface area contributed by atoms with Gasteiger partial charge in [0, 0.05) is 0 Å². The van der Waals surface area contributed by atoms with Gasteiger partial charge in [0.2, 0.25) is 0 Å². The zero-order chi connectivity index (χ0) is 18.2. The third-order valence-electron chi connectivity index (χ3n) is 4.42. The third-order valence-corrected chi connectivity index (χ3v) is 4.42. The van der Waals surface area contributed by atoms with Gasteiger partial charge >= 0.3 is 11.9 Å². The second-order valence-corrected chi connectivity index (χ2v) is 7.53. The van der Waals surface area contributed by atoms with E-state index < -0.39 is 11.3 Å². The fraction of sp³-hybridized carbons (Fsp3) is 0.895. The highest BCUT2D eigenvalue weighted by Gasteiger charge is 2.51. The molecule has 0 radical (unpaired) electrons. The van der Waals surface area contributed by atoms with Crippen LogP contribution >= 0.6 is 0 Å². The average Bonchev–Trinajstić information content (AvgIpc) is 2.47. The van der Waals surface area contributed by atoms with Crippen molar-refractivity contribution < 1.29 is 19.1 Å². The van der Waals surface area contributed by atoms with E-state index in [-0.39, 0.29) is 29.7 Å². The summed E-state index contributed by atoms with van der Waals surface area (Å²) in [5.74, 6) is -0.460. The van der Waals surface area contributed by atoms with Crippen LogP contribution in [0.1, 0.15) is 68.2 Å². The van der Waals surface area contributed by atoms with Crippen LogP contribution in [0.25, 0.3) is 0 Å². The molecule has 2 atom stereocenters. The Morgan fingerprint density at radius 2 is 1.35 bits per heavy atom. The van der Waals surface area contributed by atoms with Gasteiger partial charge in [0.15, 0.2) is 0 Å². The van der Waals surface area contributed by atoms with E-state index in [2.05, 4.69) is 0 Å². The number of ether oxygens (including phenoxy) is 2. The molecule has 0 fully saturated rings. The standard InChI is InChI=1S/C19H36O4/c1-9-16(17(20)22-11-13(3)4)19(10-2,15(7)8)18(21)23-12-14(5)6/h13-16H,9-12H2,1-8H3. The first-order chi connectivity index (χ1) is 10.6. The summed E-state index contributed by atoms with van der Waals surface area (Å²) >= 11 is 0. The number of rotatable bonds is 10. The second-order valence-electron chi connectivity index (χ2n) is 7.53. The number of carbonyl (C=O) groups excluding carboxylic acids is 2. The Morgan fingerprint density at radius 1 is 0.870 bits per heavy atom. The molecule has 4 heteroatoms. The number of hydrogen-bond donors (Lipinski definition) is 0. The second kappa shape index (κ2) is 9.94. The summed E-state index contributed by atoms with van der Waals surface area (Å²) in [6, 6.07) is 0. The molecule has 0 bridgehead atoms. The highest BCUT2D eigenvalue weighted by molar-refractivity contribution is 5.85. The SMILES string of the molecule is CCC(C(=O)OCC(C)C)C(CC)(C(=O)OCC(C)C)C(C)C. The number of carbonyl (C=O) groups is 2. The Morgan fingerprint density at radius 3 is 1.70 bits per heavy atom. The van der Waals surface area contributed by atoms with E-state index in [0.29, 0.717) is 26.1 Å². The van der Waals surface area contributed by atoms with Crippen LogP contribution in [0, 0.1) is 29.1 Å². The molecule has 4 nitrogen and oxygen atoms in total. The van der Waals surface area contributed by atoms with Crippen molar-refractivity contribution in [1.29, 1.82) is 0 Å². The normalized spacial score (nSPS) is 15.6. The summed E-state index contributed by atoms with van der Waals surface area (Å²) in [5.41, 5.74) is -0.822. The highest BCUT2D eigenvalue weighted by atomic mass is 16.5. The maximum atomic E-state index is 12.9. The van der Waals surface area contributed by atoms with Crippen LogP contribution < -0.4 is 0 Å². The average molecular weight is 328 g/mol. The molecule has 0 amide bonds. The maximum absolute atomic E-state index is 12.9. The molecule has 0 aromatic heterocycles. The largest absolute Gasteiger partial charge is 0.465 e. The lowest BCUT2D eigenvalue weighted by Gasteiger charge is -2.39. The molecule has 0 aromatic rings. The molecular formula is C19H36O4. The Bertz CT molecular complexity index is 374. The van der Waals surface area contributed by atoms with Crippen molar-refractivity contribution in [3.05, 3.63) is 0 Å². The van der Waals surface area contributed by atoms with Gasteiger partial charge in [-0.15, -0.1) is 0 Å². The zero-order valence-electron chi connectivity index (χ0n) is 16.3. The molecule has 23 heavy (non-hydrogen) atoms. The summed E-state index contributed by atoms with van der Waals surface area (Å²) in [6.45, 7) is 16.6. The van der Waals surface area contributed by atoms with E-state index >= 15 is 0 Å². The van der Waals surface area contributed by atoms with E-state index in [9.17, 15) is 9.59 Å². The predicted molar refractivity (Wildman–Crippen MR) is 92.9 cm³/mol. The van der Waals surface area contributed by atoms with E-state index in [1.54, 1.807) is 0 Å². The highest BCUT2D eigenvalue weighted by Crippen LogP contribution is 2.43. The Labute approximate surface area is 142 Å². The lowest BCUT2D eigenvalue weighted by Crippen LogP contribution is -2.48. The van der Waals surface area contributed by atoms with Gasteiger partial charge in [0.05, 0.1) is 24.5 Å². The number of esters is 2. The minimum absolute atomic E-state index is 0.00344. The monoisotopic (exact) mass is 328 g/mol. The first kappa shape index (κ1) is 21.9. The minimum Gasteiger partial charge on any atom is -0.465 e. The van der Waals surface area contributed by atoms with Crippen molar-refractivity contribution in [2.24, 2.45) is 29.1 Å². The van der Waals surface area contributed by atoms with Crippen LogP contribution in [0.2, 0.25) is 0 Å². The molecule has 0 heterocycles. The quantitative estimate of drug-likeness (QED) is 0.555. The van der Waals surface area contributed by atoms with E-state index in [1.807, 2.05) is 55.4 Å². The van der Waals surface area contributed by atoms with Gasteiger partial charge in [0.1, 0.15) is 0 Å². The Kier molecular flexibility index (Phi) is 9.48. The van der Waals surface area contributed by atoms with Crippen LogP contribution in [0.5, 0.6) is 0 Å². The van der Waals surface area contributed by atoms with Crippen molar-refractivity contribution in [3.8, 4) is 0 Å². The van der Waals surface area contributed by atoms with Crippen LogP contribution in [-0.4, -0.2) is 25.2 Å². The molecule has 0 spiro atoms. The van der Waals surface area contributed by atoms with Gasteiger partial charge in [0.25, 0.3) is 0 Å². The lowest BCUT2D eigenvalue weighted by atomic mass is 9.64. The first-order valence-corrected chi connectivity index (χ1v) is 8.97. The van der Waals surface area contributed by atoms with Gasteiger partial charge in [-0.25, -0.2) is 0 Å². The Balaban J connectivity index is 5.45. The zero-order valence-corrected chi connectivity index (χ0v) is 16.3. The van der Waals surface area contributed by atoms with Crippen molar-refractivity contribution in [1.82, 2.24) is 0 Å². The van der Waals surface area contributed by atoms with Crippen LogP contribution in [-0.2, 0) is 19.1 Å². The van der Waals surface area contributed by atoms with Crippen LogP contribution in [0.4, 0.5) is 0 Å². The summed E-state index contributed by atoms with van der Waals surface area (Å²) in [7, 11) is 0. The molecule has 0 saturated carbocycles. The predicted octanol–water partition coefficient (Wildman–Crippen LogP) is 4.46. The van der Waals surface area contributed by atoms with Gasteiger partial charge < -0.3 is 9.47 Å². The molecule has 0 rings (SSSR count). The molecule has 0 N–H and O–H groups in total. The first-order valence-electron chi connectivity index (χ1n) is 8.97. The lowest BCUT2D eigenvalue weighted by molar-refractivity contribution is -0.176. The fourth-order valence-corrected chi connectivity index (χ4v) is 3.05. The van der Waals surface area contributed by atoms with Crippen molar-refractivity contribution in [2.45, 2.75) is 68.2 Å². The maximum Gasteiger partial charge on any atom is 0.313 e. The van der Waals surface area contributed by atoms with Gasteiger partial charge in [-0.2, -0.15) is 0 Å². The van der Waals surface area contributed by atoms with Crippen molar-refractivity contribution >= 4 is 11.9 Å². The fourth-order valence-electron chi connectivity index (χ4n) is 3.05. The number of hydrogen-bond acceptors (Lipinski definition) is 4. The summed E-state index contributed by atoms with van der Waals surface area (Å²) in [6.07, 6.45) is 1.14. The van der Waals surface area contributed by atoms with Gasteiger partial charge in [-0.3, -0.25) is 9.59 Å². The topological polar surface area (TPSA) is 52.6 Å². The third kappa shape index (κ3) is 5.82. The molecule has 0 saturated heterocycles. The summed E-state index contributed by atoms with van der Waals surface area (Å²) in [4.78, 5) is 25.5. The molecule has 0 aliphatic carbocycles. The minimum atomic E-state index is -0.822. The van der Waals surface area contributed by atoms with E-state index in [0.717, 1.165) is 0 Å². The van der Waals surface area contributed by atoms with Gasteiger partial charge in [-0.1, -0.05) is 55.4 Å². The van der Waals surface area contributed by atoms with Crippen LogP contribution in [0.15, 0.2) is 0 Å². The molecule has 2 unspecified atom stereocenters. The Hall–Kier alpha value is -1.06. The van der Waals surface area contributed by atoms with E-state index in [4.69, 9.17) is 9.47 Å². The molecule has 0 aliphatic rings. The van der Waals surface area contributed by atoms with Crippen molar-refractivity contribution in [3.63, 3.8) is 0 Å². The molecule has 136 valence electrons. The molecular weight excluding hydrogens is 292 g/mol. The summed E-state index contributed by atoms with van der Waals surface area (Å²) in [5, 5.41) is 0. The molecule has 0 aliphatic heterocycles. The summed E-state index contributed by atoms with van der Waals surface area (Å²) < 4.78 is 11.0. The van der Waals surface area contributed by atoms with Crippen molar-refractivity contribution in [2.75, 3.05) is 13.2 Å².